The van der Waals surface area contributed by atoms with Crippen LogP contribution in [-0.4, -0.2) is 19.9 Å². The van der Waals surface area contributed by atoms with Crippen LogP contribution in [0.4, 0.5) is 0 Å². The third-order valence-corrected chi connectivity index (χ3v) is 8.15. The Morgan fingerprint density at radius 2 is 1.36 bits per heavy atom. The quantitative estimate of drug-likeness (QED) is 0.200. The van der Waals surface area contributed by atoms with Crippen LogP contribution in [0, 0.1) is 0 Å². The van der Waals surface area contributed by atoms with Gasteiger partial charge >= 0.3 is 0 Å². The molecule has 0 N–H and O–H groups in total. The molecule has 0 saturated heterocycles. The molecule has 2 aromatic heterocycles. The maximum atomic E-state index is 6.85. The van der Waals surface area contributed by atoms with Gasteiger partial charge in [-0.1, -0.05) is 97.9 Å². The molecule has 0 radical (unpaired) electrons. The zero-order chi connectivity index (χ0) is 29.6. The summed E-state index contributed by atoms with van der Waals surface area (Å²) in [4.78, 5) is 20.0. The second-order valence-electron chi connectivity index (χ2n) is 13.8. The molecule has 5 heteroatoms. The van der Waals surface area contributed by atoms with Crippen LogP contribution in [0.1, 0.15) is 78.5 Å². The normalized spacial score (nSPS) is 13.2. The van der Waals surface area contributed by atoms with Crippen molar-refractivity contribution in [2.24, 2.45) is 0 Å². The molecule has 4 aromatic carbocycles. The van der Waals surface area contributed by atoms with Gasteiger partial charge in [-0.3, -0.25) is 4.98 Å². The number of nitrogens with zero attached hydrogens (tertiary/aromatic N) is 4. The topological polar surface area (TPSA) is 60.8 Å². The van der Waals surface area contributed by atoms with Crippen molar-refractivity contribution in [3.05, 3.63) is 84.1 Å². The standard InChI is InChI=1S/C37H36N4O/c1-20(2)28-23-14-10-9-12-21(23)18-26-31-30-24(16-17-38-31)29-22(19-27(30)42-32(26)28)13-11-15-25(29)33-39-34(36(3,4)5)41-35(40-33)37(6,7)8/h9-20H,1-8H3. The summed E-state index contributed by atoms with van der Waals surface area (Å²) < 4.78 is 6.85. The minimum absolute atomic E-state index is 0.218. The van der Waals surface area contributed by atoms with Gasteiger partial charge in [-0.25, -0.2) is 15.0 Å². The van der Waals surface area contributed by atoms with Gasteiger partial charge in [-0.05, 0) is 45.7 Å². The molecule has 0 atom stereocenters. The van der Waals surface area contributed by atoms with Gasteiger partial charge in [-0.2, -0.15) is 0 Å². The first-order valence-corrected chi connectivity index (χ1v) is 14.8. The maximum absolute atomic E-state index is 6.85. The first-order chi connectivity index (χ1) is 19.9. The number of fused-ring (bicyclic) bond motifs is 5. The molecule has 0 amide bonds. The van der Waals surface area contributed by atoms with E-state index in [2.05, 4.69) is 116 Å². The Kier molecular flexibility index (Phi) is 5.72. The monoisotopic (exact) mass is 552 g/mol. The molecular formula is C37H36N4O. The average molecular weight is 553 g/mol. The number of aromatic nitrogens is 4. The van der Waals surface area contributed by atoms with E-state index in [-0.39, 0.29) is 16.7 Å². The molecule has 0 saturated carbocycles. The summed E-state index contributed by atoms with van der Waals surface area (Å²) in [7, 11) is 0. The van der Waals surface area contributed by atoms with Crippen LogP contribution in [-0.2, 0) is 10.8 Å². The van der Waals surface area contributed by atoms with Gasteiger partial charge in [0, 0.05) is 39.1 Å². The zero-order valence-corrected chi connectivity index (χ0v) is 25.6. The molecule has 0 bridgehead atoms. The Bertz CT molecular complexity index is 2030. The summed E-state index contributed by atoms with van der Waals surface area (Å²) in [6.45, 7) is 17.4. The summed E-state index contributed by atoms with van der Waals surface area (Å²) in [6.07, 6.45) is 1.92. The fourth-order valence-corrected chi connectivity index (χ4v) is 6.09. The van der Waals surface area contributed by atoms with Crippen molar-refractivity contribution in [3.63, 3.8) is 0 Å². The molecular weight excluding hydrogens is 516 g/mol. The SMILES string of the molecule is CC(C)c1c2c(cc3ccccc13)-c1nccc3c1c(cc1cccc(-c4nc(C(C)(C)C)nc(C(C)(C)C)n4)c13)O2. The van der Waals surface area contributed by atoms with Gasteiger partial charge in [0.2, 0.25) is 0 Å². The maximum Gasteiger partial charge on any atom is 0.164 e. The lowest BCUT2D eigenvalue weighted by atomic mass is 9.87. The van der Waals surface area contributed by atoms with Crippen molar-refractivity contribution in [1.29, 1.82) is 0 Å². The molecule has 42 heavy (non-hydrogen) atoms. The Morgan fingerprint density at radius 1 is 0.667 bits per heavy atom. The smallest absolute Gasteiger partial charge is 0.164 e. The largest absolute Gasteiger partial charge is 0.456 e. The molecule has 1 aliphatic rings. The average Bonchev–Trinajstić information content (AvgIpc) is 2.94. The van der Waals surface area contributed by atoms with Crippen molar-refractivity contribution < 1.29 is 4.74 Å². The first kappa shape index (κ1) is 26.5. The minimum atomic E-state index is -0.218. The summed E-state index contributed by atoms with van der Waals surface area (Å²) in [6, 6.07) is 21.4. The summed E-state index contributed by atoms with van der Waals surface area (Å²) in [5.41, 5.74) is 3.76. The summed E-state index contributed by atoms with van der Waals surface area (Å²) in [5.74, 6) is 4.32. The van der Waals surface area contributed by atoms with E-state index in [1.807, 2.05) is 6.20 Å². The molecule has 0 unspecified atom stereocenters. The van der Waals surface area contributed by atoms with E-state index in [4.69, 9.17) is 24.7 Å². The van der Waals surface area contributed by atoms with Crippen LogP contribution in [0.2, 0.25) is 0 Å². The van der Waals surface area contributed by atoms with Crippen molar-refractivity contribution in [3.8, 4) is 34.1 Å². The van der Waals surface area contributed by atoms with E-state index in [9.17, 15) is 0 Å². The number of hydrogen-bond donors (Lipinski definition) is 0. The van der Waals surface area contributed by atoms with Gasteiger partial charge in [-0.15, -0.1) is 0 Å². The van der Waals surface area contributed by atoms with Crippen molar-refractivity contribution >= 4 is 32.3 Å². The third kappa shape index (κ3) is 4.05. The van der Waals surface area contributed by atoms with Crippen LogP contribution < -0.4 is 4.74 Å². The van der Waals surface area contributed by atoms with Gasteiger partial charge in [0.25, 0.3) is 0 Å². The van der Waals surface area contributed by atoms with Crippen molar-refractivity contribution in [1.82, 2.24) is 19.9 Å². The highest BCUT2D eigenvalue weighted by Crippen LogP contribution is 2.52. The Hall–Kier alpha value is -4.38. The van der Waals surface area contributed by atoms with Crippen LogP contribution in [0.3, 0.4) is 0 Å². The van der Waals surface area contributed by atoms with Gasteiger partial charge < -0.3 is 4.74 Å². The second kappa shape index (κ2) is 9.06. The molecule has 3 heterocycles. The Balaban J connectivity index is 1.56. The molecule has 5 nitrogen and oxygen atoms in total. The highest BCUT2D eigenvalue weighted by molar-refractivity contribution is 6.20. The molecule has 0 spiro atoms. The predicted octanol–water partition coefficient (Wildman–Crippen LogP) is 9.88. The summed E-state index contributed by atoms with van der Waals surface area (Å²) in [5, 5.41) is 6.71. The van der Waals surface area contributed by atoms with Crippen molar-refractivity contribution in [2.75, 3.05) is 0 Å². The number of benzene rings is 4. The van der Waals surface area contributed by atoms with Crippen LogP contribution >= 0.6 is 0 Å². The lowest BCUT2D eigenvalue weighted by Gasteiger charge is -2.26. The second-order valence-corrected chi connectivity index (χ2v) is 13.8. The number of pyridine rings is 1. The Morgan fingerprint density at radius 3 is 2.05 bits per heavy atom. The molecule has 210 valence electrons. The number of ether oxygens (including phenoxy) is 1. The molecule has 1 aliphatic heterocycles. The highest BCUT2D eigenvalue weighted by Gasteiger charge is 2.29. The lowest BCUT2D eigenvalue weighted by Crippen LogP contribution is -2.24. The van der Waals surface area contributed by atoms with E-state index in [0.29, 0.717) is 5.82 Å². The number of rotatable bonds is 2. The third-order valence-electron chi connectivity index (χ3n) is 8.15. The minimum Gasteiger partial charge on any atom is -0.456 e. The zero-order valence-electron chi connectivity index (χ0n) is 25.6. The fourth-order valence-electron chi connectivity index (χ4n) is 6.09. The van der Waals surface area contributed by atoms with Crippen LogP contribution in [0.15, 0.2) is 66.9 Å². The lowest BCUT2D eigenvalue weighted by molar-refractivity contribution is 0.478. The van der Waals surface area contributed by atoms with E-state index in [1.165, 1.54) is 16.3 Å². The molecule has 6 aromatic rings. The highest BCUT2D eigenvalue weighted by atomic mass is 16.5. The van der Waals surface area contributed by atoms with Gasteiger partial charge in [0.05, 0.1) is 11.1 Å². The molecule has 0 aliphatic carbocycles. The Labute approximate surface area is 247 Å². The van der Waals surface area contributed by atoms with Crippen LogP contribution in [0.5, 0.6) is 11.5 Å². The van der Waals surface area contributed by atoms with Gasteiger partial charge in [0.1, 0.15) is 23.1 Å². The predicted molar refractivity (Wildman–Crippen MR) is 173 cm³/mol. The number of hydrogen-bond acceptors (Lipinski definition) is 5. The van der Waals surface area contributed by atoms with E-state index >= 15 is 0 Å². The van der Waals surface area contributed by atoms with E-state index in [0.717, 1.165) is 61.5 Å². The first-order valence-electron chi connectivity index (χ1n) is 14.8. The van der Waals surface area contributed by atoms with E-state index in [1.54, 1.807) is 0 Å². The molecule has 7 rings (SSSR count). The van der Waals surface area contributed by atoms with Gasteiger partial charge in [0.15, 0.2) is 5.82 Å². The van der Waals surface area contributed by atoms with E-state index < -0.39 is 0 Å². The van der Waals surface area contributed by atoms with Crippen molar-refractivity contribution in [2.45, 2.75) is 72.1 Å². The molecule has 0 fully saturated rings. The van der Waals surface area contributed by atoms with Crippen LogP contribution in [0.25, 0.3) is 55.0 Å². The summed E-state index contributed by atoms with van der Waals surface area (Å²) >= 11 is 0. The fraction of sp³-hybridized carbons (Fsp3) is 0.297.